The van der Waals surface area contributed by atoms with E-state index in [2.05, 4.69) is 24.1 Å². The second kappa shape index (κ2) is 6.03. The lowest BCUT2D eigenvalue weighted by atomic mass is 10.1. The maximum atomic E-state index is 11.9. The molecule has 96 valence electrons. The molecule has 1 amide bonds. The van der Waals surface area contributed by atoms with E-state index in [4.69, 9.17) is 5.11 Å². The third kappa shape index (κ3) is 3.59. The van der Waals surface area contributed by atoms with Gasteiger partial charge in [0.1, 0.15) is 6.61 Å². The molecule has 2 N–H and O–H groups in total. The Hall–Kier alpha value is -1.31. The van der Waals surface area contributed by atoms with Gasteiger partial charge in [-0.1, -0.05) is 18.8 Å². The van der Waals surface area contributed by atoms with Crippen LogP contribution in [-0.4, -0.2) is 24.2 Å². The van der Waals surface area contributed by atoms with Gasteiger partial charge < -0.3 is 10.4 Å². The Bertz CT molecular complexity index is 479. The molecular weight excluding hydrogens is 246 g/mol. The number of hydrogen-bond donors (Lipinski definition) is 2. The van der Waals surface area contributed by atoms with Crippen molar-refractivity contribution in [1.82, 2.24) is 5.32 Å². The van der Waals surface area contributed by atoms with Crippen LogP contribution in [0.4, 0.5) is 0 Å². The summed E-state index contributed by atoms with van der Waals surface area (Å²) < 4.78 is 0. The summed E-state index contributed by atoms with van der Waals surface area (Å²) in [6.45, 7) is 2.78. The van der Waals surface area contributed by atoms with Crippen LogP contribution < -0.4 is 5.32 Å². The van der Waals surface area contributed by atoms with Gasteiger partial charge in [-0.25, -0.2) is 0 Å². The standard InChI is InChI=1S/C14H17NO2S/c1-10(11-4-5-11)8-15-14(17)12-7-13(18-9-12)3-2-6-16/h7,9-11,16H,4-6,8H2,1H3,(H,15,17). The van der Waals surface area contributed by atoms with Crippen LogP contribution in [0.3, 0.4) is 0 Å². The van der Waals surface area contributed by atoms with E-state index >= 15 is 0 Å². The van der Waals surface area contributed by atoms with Crippen LogP contribution in [0.25, 0.3) is 0 Å². The van der Waals surface area contributed by atoms with Crippen LogP contribution in [-0.2, 0) is 0 Å². The Balaban J connectivity index is 1.86. The summed E-state index contributed by atoms with van der Waals surface area (Å²) in [7, 11) is 0. The lowest BCUT2D eigenvalue weighted by Gasteiger charge is -2.10. The molecule has 0 saturated heterocycles. The van der Waals surface area contributed by atoms with E-state index in [-0.39, 0.29) is 12.5 Å². The van der Waals surface area contributed by atoms with Gasteiger partial charge in [-0.3, -0.25) is 4.79 Å². The van der Waals surface area contributed by atoms with Gasteiger partial charge >= 0.3 is 0 Å². The van der Waals surface area contributed by atoms with Gasteiger partial charge in [0.05, 0.1) is 10.4 Å². The quantitative estimate of drug-likeness (QED) is 0.815. The largest absolute Gasteiger partial charge is 0.384 e. The topological polar surface area (TPSA) is 49.3 Å². The molecule has 0 aliphatic heterocycles. The van der Waals surface area contributed by atoms with Crippen molar-refractivity contribution in [2.45, 2.75) is 19.8 Å². The molecule has 1 unspecified atom stereocenters. The Labute approximate surface area is 111 Å². The molecule has 1 aliphatic rings. The Morgan fingerprint density at radius 3 is 3.11 bits per heavy atom. The highest BCUT2D eigenvalue weighted by Crippen LogP contribution is 2.36. The molecule has 1 aliphatic carbocycles. The Kier molecular flexibility index (Phi) is 4.40. The molecule has 1 atom stereocenters. The molecule has 18 heavy (non-hydrogen) atoms. The van der Waals surface area contributed by atoms with E-state index in [1.807, 2.05) is 0 Å². The first-order chi connectivity index (χ1) is 8.70. The van der Waals surface area contributed by atoms with Crippen LogP contribution in [0.1, 0.15) is 35.0 Å². The molecule has 1 fully saturated rings. The number of nitrogens with one attached hydrogen (secondary N) is 1. The number of amides is 1. The second-order valence-corrected chi connectivity index (χ2v) is 5.60. The van der Waals surface area contributed by atoms with Crippen LogP contribution >= 0.6 is 11.3 Å². The second-order valence-electron chi connectivity index (χ2n) is 4.68. The molecule has 0 radical (unpaired) electrons. The third-order valence-electron chi connectivity index (χ3n) is 3.16. The minimum absolute atomic E-state index is 0.0317. The first kappa shape index (κ1) is 13.1. The molecule has 0 spiro atoms. The molecule has 2 rings (SSSR count). The lowest BCUT2D eigenvalue weighted by Crippen LogP contribution is -2.28. The Morgan fingerprint density at radius 2 is 2.44 bits per heavy atom. The van der Waals surface area contributed by atoms with Crippen molar-refractivity contribution >= 4 is 17.2 Å². The minimum Gasteiger partial charge on any atom is -0.384 e. The van der Waals surface area contributed by atoms with E-state index in [0.29, 0.717) is 11.5 Å². The number of aliphatic hydroxyl groups is 1. The smallest absolute Gasteiger partial charge is 0.252 e. The van der Waals surface area contributed by atoms with Crippen LogP contribution in [0, 0.1) is 23.7 Å². The minimum atomic E-state index is -0.154. The summed E-state index contributed by atoms with van der Waals surface area (Å²) in [5, 5.41) is 13.4. The molecule has 1 aromatic heterocycles. The van der Waals surface area contributed by atoms with E-state index in [0.717, 1.165) is 17.3 Å². The fourth-order valence-corrected chi connectivity index (χ4v) is 2.59. The fourth-order valence-electron chi connectivity index (χ4n) is 1.84. The fraction of sp³-hybridized carbons (Fsp3) is 0.500. The molecule has 0 bridgehead atoms. The van der Waals surface area contributed by atoms with Crippen molar-refractivity contribution < 1.29 is 9.90 Å². The normalized spacial score (nSPS) is 15.7. The van der Waals surface area contributed by atoms with Crippen molar-refractivity contribution in [3.05, 3.63) is 21.9 Å². The average Bonchev–Trinajstić information content (AvgIpc) is 3.12. The number of carbonyl (C=O) groups excluding carboxylic acids is 1. The highest BCUT2D eigenvalue weighted by atomic mass is 32.1. The maximum Gasteiger partial charge on any atom is 0.252 e. The molecule has 0 aromatic carbocycles. The summed E-state index contributed by atoms with van der Waals surface area (Å²) >= 11 is 1.43. The maximum absolute atomic E-state index is 11.9. The average molecular weight is 263 g/mol. The lowest BCUT2D eigenvalue weighted by molar-refractivity contribution is 0.0947. The van der Waals surface area contributed by atoms with Crippen molar-refractivity contribution in [3.63, 3.8) is 0 Å². The van der Waals surface area contributed by atoms with E-state index in [1.165, 1.54) is 24.2 Å². The Morgan fingerprint density at radius 1 is 1.67 bits per heavy atom. The van der Waals surface area contributed by atoms with Gasteiger partial charge in [0.2, 0.25) is 0 Å². The summed E-state index contributed by atoms with van der Waals surface area (Å²) in [6, 6.07) is 1.77. The van der Waals surface area contributed by atoms with Gasteiger partial charge in [-0.2, -0.15) is 0 Å². The van der Waals surface area contributed by atoms with Crippen LogP contribution in [0.5, 0.6) is 0 Å². The van der Waals surface area contributed by atoms with E-state index in [1.54, 1.807) is 11.4 Å². The number of aliphatic hydroxyl groups excluding tert-OH is 1. The number of hydrogen-bond acceptors (Lipinski definition) is 3. The van der Waals surface area contributed by atoms with Crippen molar-refractivity contribution in [3.8, 4) is 11.8 Å². The van der Waals surface area contributed by atoms with Gasteiger partial charge in [0.15, 0.2) is 0 Å². The van der Waals surface area contributed by atoms with E-state index in [9.17, 15) is 4.79 Å². The van der Waals surface area contributed by atoms with Gasteiger partial charge in [-0.15, -0.1) is 11.3 Å². The number of thiophene rings is 1. The van der Waals surface area contributed by atoms with Crippen molar-refractivity contribution in [2.75, 3.05) is 13.2 Å². The summed E-state index contributed by atoms with van der Waals surface area (Å²) in [6.07, 6.45) is 2.60. The van der Waals surface area contributed by atoms with Crippen LogP contribution in [0.15, 0.2) is 11.4 Å². The van der Waals surface area contributed by atoms with Crippen molar-refractivity contribution in [2.24, 2.45) is 11.8 Å². The summed E-state index contributed by atoms with van der Waals surface area (Å²) in [4.78, 5) is 12.7. The van der Waals surface area contributed by atoms with Gasteiger partial charge in [-0.05, 0) is 30.7 Å². The van der Waals surface area contributed by atoms with Gasteiger partial charge in [0, 0.05) is 11.9 Å². The highest BCUT2D eigenvalue weighted by molar-refractivity contribution is 7.10. The first-order valence-corrected chi connectivity index (χ1v) is 7.05. The van der Waals surface area contributed by atoms with Crippen LogP contribution in [0.2, 0.25) is 0 Å². The molecule has 1 aromatic rings. The predicted octanol–water partition coefficient (Wildman–Crippen LogP) is 1.87. The first-order valence-electron chi connectivity index (χ1n) is 6.17. The predicted molar refractivity (Wildman–Crippen MR) is 72.5 cm³/mol. The zero-order valence-electron chi connectivity index (χ0n) is 10.4. The van der Waals surface area contributed by atoms with Gasteiger partial charge in [0.25, 0.3) is 5.91 Å². The zero-order chi connectivity index (χ0) is 13.0. The molecule has 3 nitrogen and oxygen atoms in total. The number of carbonyl (C=O) groups is 1. The molecule has 1 saturated carbocycles. The van der Waals surface area contributed by atoms with E-state index < -0.39 is 0 Å². The molecular formula is C14H17NO2S. The summed E-state index contributed by atoms with van der Waals surface area (Å²) in [5.41, 5.74) is 0.658. The number of rotatable bonds is 4. The van der Waals surface area contributed by atoms with Crippen molar-refractivity contribution in [1.29, 1.82) is 0 Å². The SMILES string of the molecule is CC(CNC(=O)c1csc(C#CCO)c1)C1CC1. The summed E-state index contributed by atoms with van der Waals surface area (Å²) in [5.74, 6) is 6.72. The molecule has 4 heteroatoms. The third-order valence-corrected chi connectivity index (χ3v) is 4.01. The monoisotopic (exact) mass is 263 g/mol. The molecule has 1 heterocycles. The zero-order valence-corrected chi connectivity index (χ0v) is 11.2. The highest BCUT2D eigenvalue weighted by Gasteiger charge is 2.27.